The highest BCUT2D eigenvalue weighted by atomic mass is 35.5. The van der Waals surface area contributed by atoms with Crippen LogP contribution >= 0.6 is 11.6 Å². The summed E-state index contributed by atoms with van der Waals surface area (Å²) in [5.41, 5.74) is 3.18. The van der Waals surface area contributed by atoms with Crippen molar-refractivity contribution in [1.29, 1.82) is 0 Å². The summed E-state index contributed by atoms with van der Waals surface area (Å²) < 4.78 is 26.0. The fraction of sp³-hybridized carbons (Fsp3) is 0.409. The molecule has 0 unspecified atom stereocenters. The third-order valence-corrected chi connectivity index (χ3v) is 8.91. The second kappa shape index (κ2) is 6.29. The zero-order chi connectivity index (χ0) is 21.5. The molecule has 7 nitrogen and oxygen atoms in total. The van der Waals surface area contributed by atoms with Gasteiger partial charge >= 0.3 is 0 Å². The van der Waals surface area contributed by atoms with Gasteiger partial charge in [-0.25, -0.2) is 13.4 Å². The highest BCUT2D eigenvalue weighted by Gasteiger charge is 2.59. The molecule has 2 saturated carbocycles. The summed E-state index contributed by atoms with van der Waals surface area (Å²) in [6.45, 7) is 0.325. The van der Waals surface area contributed by atoms with E-state index in [-0.39, 0.29) is 17.2 Å². The monoisotopic (exact) mass is 456 g/mol. The zero-order valence-corrected chi connectivity index (χ0v) is 18.5. The molecule has 0 N–H and O–H groups in total. The fourth-order valence-corrected chi connectivity index (χ4v) is 6.44. The number of benzene rings is 1. The molecule has 1 aliphatic heterocycles. The molecule has 1 amide bonds. The fourth-order valence-electron chi connectivity index (χ4n) is 5.13. The number of fused-ring (bicyclic) bond motifs is 3. The van der Waals surface area contributed by atoms with Crippen LogP contribution in [0, 0.1) is 0 Å². The van der Waals surface area contributed by atoms with Crippen LogP contribution in [0.15, 0.2) is 36.7 Å². The third kappa shape index (κ3) is 2.77. The van der Waals surface area contributed by atoms with Gasteiger partial charge in [-0.2, -0.15) is 0 Å². The van der Waals surface area contributed by atoms with Gasteiger partial charge in [0.15, 0.2) is 0 Å². The van der Waals surface area contributed by atoms with E-state index in [1.807, 2.05) is 24.3 Å². The van der Waals surface area contributed by atoms with Crippen molar-refractivity contribution < 1.29 is 13.2 Å². The Hall–Kier alpha value is -2.45. The number of anilines is 1. The van der Waals surface area contributed by atoms with Gasteiger partial charge in [0.2, 0.25) is 5.91 Å². The minimum absolute atomic E-state index is 0.0295. The summed E-state index contributed by atoms with van der Waals surface area (Å²) in [6, 6.07) is 7.53. The third-order valence-electron chi connectivity index (χ3n) is 7.08. The topological polar surface area (TPSA) is 85.2 Å². The van der Waals surface area contributed by atoms with Crippen molar-refractivity contribution in [1.82, 2.24) is 14.5 Å². The summed E-state index contributed by atoms with van der Waals surface area (Å²) in [7, 11) is -3.07. The molecule has 2 aromatic heterocycles. The second-order valence-electron chi connectivity index (χ2n) is 8.97. The maximum absolute atomic E-state index is 13.3. The van der Waals surface area contributed by atoms with E-state index in [4.69, 9.17) is 16.6 Å². The van der Waals surface area contributed by atoms with E-state index in [1.165, 1.54) is 6.26 Å². The van der Waals surface area contributed by atoms with Crippen molar-refractivity contribution >= 4 is 44.1 Å². The van der Waals surface area contributed by atoms with Crippen LogP contribution in [0.5, 0.6) is 0 Å². The predicted molar refractivity (Wildman–Crippen MR) is 118 cm³/mol. The number of pyridine rings is 1. The van der Waals surface area contributed by atoms with Crippen molar-refractivity contribution in [3.05, 3.63) is 53.1 Å². The first-order valence-corrected chi connectivity index (χ1v) is 12.7. The predicted octanol–water partition coefficient (Wildman–Crippen LogP) is 3.41. The standard InChI is InChI=1S/C22H21ClN4O3S/c1-31(29,30)15-9-14(10-15)27-18-3-2-13(23)8-17(18)25-20(27)12-26-19-11-24-7-4-16(19)22(5-6-22)21(26)28/h2-4,7-8,11,14-15H,5-6,9-10,12H2,1H3/t14-,15-. The van der Waals surface area contributed by atoms with Crippen molar-refractivity contribution in [3.8, 4) is 0 Å². The molecule has 6 rings (SSSR count). The minimum atomic E-state index is -3.07. The van der Waals surface area contributed by atoms with Crippen LogP contribution in [-0.2, 0) is 26.6 Å². The van der Waals surface area contributed by atoms with Gasteiger partial charge in [-0.15, -0.1) is 0 Å². The van der Waals surface area contributed by atoms with E-state index in [0.29, 0.717) is 24.4 Å². The number of rotatable bonds is 4. The van der Waals surface area contributed by atoms with Crippen LogP contribution in [0.25, 0.3) is 11.0 Å². The van der Waals surface area contributed by atoms with Crippen molar-refractivity contribution in [2.75, 3.05) is 11.2 Å². The van der Waals surface area contributed by atoms with Crippen molar-refractivity contribution in [2.24, 2.45) is 0 Å². The molecule has 9 heteroatoms. The van der Waals surface area contributed by atoms with Crippen LogP contribution in [0.2, 0.25) is 5.02 Å². The van der Waals surface area contributed by atoms with E-state index in [0.717, 1.165) is 41.0 Å². The molecule has 0 saturated heterocycles. The summed E-state index contributed by atoms with van der Waals surface area (Å²) >= 11 is 6.20. The molecular formula is C22H21ClN4O3S. The summed E-state index contributed by atoms with van der Waals surface area (Å²) in [5, 5.41) is 0.262. The smallest absolute Gasteiger partial charge is 0.238 e. The molecule has 1 spiro atoms. The van der Waals surface area contributed by atoms with E-state index in [2.05, 4.69) is 9.55 Å². The Kier molecular flexibility index (Phi) is 3.91. The Morgan fingerprint density at radius 1 is 1.23 bits per heavy atom. The first-order chi connectivity index (χ1) is 14.8. The molecular weight excluding hydrogens is 436 g/mol. The SMILES string of the molecule is CS(=O)(=O)[C@H]1C[C@H](n2c(CN3C(=O)C4(CC4)c4ccncc43)nc3cc(Cl)ccc32)C1. The highest BCUT2D eigenvalue weighted by molar-refractivity contribution is 7.91. The van der Waals surface area contributed by atoms with Gasteiger partial charge in [0, 0.05) is 23.5 Å². The van der Waals surface area contributed by atoms with Crippen LogP contribution in [0.3, 0.4) is 0 Å². The zero-order valence-electron chi connectivity index (χ0n) is 17.0. The molecule has 0 radical (unpaired) electrons. The van der Waals surface area contributed by atoms with Crippen LogP contribution in [-0.4, -0.2) is 40.4 Å². The number of halogens is 1. The Balaban J connectivity index is 1.42. The maximum atomic E-state index is 13.3. The summed E-state index contributed by atoms with van der Waals surface area (Å²) in [4.78, 5) is 24.2. The average molecular weight is 457 g/mol. The quantitative estimate of drug-likeness (QED) is 0.600. The number of carbonyl (C=O) groups is 1. The minimum Gasteiger partial charge on any atom is -0.323 e. The first-order valence-electron chi connectivity index (χ1n) is 10.4. The molecule has 0 atom stereocenters. The lowest BCUT2D eigenvalue weighted by atomic mass is 9.91. The Bertz CT molecular complexity index is 1360. The van der Waals surface area contributed by atoms with Gasteiger partial charge < -0.3 is 9.47 Å². The van der Waals surface area contributed by atoms with E-state index < -0.39 is 15.3 Å². The van der Waals surface area contributed by atoms with Gasteiger partial charge in [-0.05, 0) is 55.5 Å². The molecule has 3 aromatic rings. The van der Waals surface area contributed by atoms with E-state index >= 15 is 0 Å². The Morgan fingerprint density at radius 2 is 2.00 bits per heavy atom. The van der Waals surface area contributed by atoms with Gasteiger partial charge in [0.25, 0.3) is 0 Å². The molecule has 2 fully saturated rings. The van der Waals surface area contributed by atoms with Crippen molar-refractivity contribution in [3.63, 3.8) is 0 Å². The van der Waals surface area contributed by atoms with E-state index in [9.17, 15) is 13.2 Å². The Labute approximate surface area is 185 Å². The van der Waals surface area contributed by atoms with Crippen LogP contribution < -0.4 is 4.90 Å². The maximum Gasteiger partial charge on any atom is 0.238 e. The number of hydrogen-bond acceptors (Lipinski definition) is 5. The van der Waals surface area contributed by atoms with Crippen LogP contribution in [0.4, 0.5) is 5.69 Å². The number of hydrogen-bond donors (Lipinski definition) is 0. The number of amides is 1. The number of aromatic nitrogens is 3. The Morgan fingerprint density at radius 3 is 2.71 bits per heavy atom. The average Bonchev–Trinajstić information content (AvgIpc) is 3.37. The summed E-state index contributed by atoms with van der Waals surface area (Å²) in [6.07, 6.45) is 7.63. The molecule has 0 bridgehead atoms. The van der Waals surface area contributed by atoms with Gasteiger partial charge in [-0.3, -0.25) is 9.78 Å². The molecule has 3 heterocycles. The lowest BCUT2D eigenvalue weighted by molar-refractivity contribution is -0.120. The number of imidazole rings is 1. The van der Waals surface area contributed by atoms with Gasteiger partial charge in [0.1, 0.15) is 15.7 Å². The molecule has 160 valence electrons. The normalized spacial score (nSPS) is 23.9. The van der Waals surface area contributed by atoms with Crippen molar-refractivity contribution in [2.45, 2.75) is 48.9 Å². The highest BCUT2D eigenvalue weighted by Crippen LogP contribution is 2.57. The lowest BCUT2D eigenvalue weighted by Gasteiger charge is -2.36. The molecule has 3 aliphatic rings. The molecule has 2 aliphatic carbocycles. The number of sulfone groups is 1. The van der Waals surface area contributed by atoms with Crippen LogP contribution in [0.1, 0.15) is 43.1 Å². The summed E-state index contributed by atoms with van der Waals surface area (Å²) in [5.74, 6) is 0.852. The van der Waals surface area contributed by atoms with E-state index in [1.54, 1.807) is 17.3 Å². The van der Waals surface area contributed by atoms with Gasteiger partial charge in [0.05, 0.1) is 40.1 Å². The van der Waals surface area contributed by atoms with Gasteiger partial charge in [-0.1, -0.05) is 11.6 Å². The first kappa shape index (κ1) is 19.3. The molecule has 31 heavy (non-hydrogen) atoms. The molecule has 1 aromatic carbocycles. The number of carbonyl (C=O) groups excluding carboxylic acids is 1. The number of nitrogens with zero attached hydrogens (tertiary/aromatic N) is 4. The second-order valence-corrected chi connectivity index (χ2v) is 11.7. The lowest BCUT2D eigenvalue weighted by Crippen LogP contribution is -2.38. The largest absolute Gasteiger partial charge is 0.323 e.